The van der Waals surface area contributed by atoms with Gasteiger partial charge in [-0.05, 0) is 64.6 Å². The maximum atomic E-state index is 12.1. The van der Waals surface area contributed by atoms with Gasteiger partial charge < -0.3 is 21.9 Å². The lowest BCUT2D eigenvalue weighted by atomic mass is 9.78. The number of nitrogen functional groups attached to an aromatic ring is 1. The van der Waals surface area contributed by atoms with Crippen LogP contribution in [0.3, 0.4) is 0 Å². The van der Waals surface area contributed by atoms with Crippen molar-refractivity contribution >= 4 is 23.4 Å². The molecule has 1 aliphatic heterocycles. The molecule has 184 valence electrons. The number of nitrogens with two attached hydrogens (primary N) is 2. The van der Waals surface area contributed by atoms with Gasteiger partial charge in [-0.1, -0.05) is 60.7 Å². The van der Waals surface area contributed by atoms with Crippen LogP contribution in [0.25, 0.3) is 11.1 Å². The first kappa shape index (κ1) is 23.8. The van der Waals surface area contributed by atoms with Gasteiger partial charge in [-0.2, -0.15) is 0 Å². The number of amides is 1. The number of nitrogens with one attached hydrogen (secondary N) is 2. The topological polar surface area (TPSA) is 142 Å². The molecule has 1 heterocycles. The first-order chi connectivity index (χ1) is 17.8. The Labute approximate surface area is 214 Å². The second-order valence-electron chi connectivity index (χ2n) is 9.13. The van der Waals surface area contributed by atoms with Gasteiger partial charge >= 0.3 is 5.97 Å². The van der Waals surface area contributed by atoms with Gasteiger partial charge in [-0.3, -0.25) is 10.2 Å². The summed E-state index contributed by atoms with van der Waals surface area (Å²) in [6.45, 7) is 0. The molecule has 4 aromatic carbocycles. The predicted molar refractivity (Wildman–Crippen MR) is 144 cm³/mol. The van der Waals surface area contributed by atoms with Crippen LogP contribution in [0.15, 0.2) is 91.0 Å². The number of anilines is 1. The van der Waals surface area contributed by atoms with Crippen LogP contribution < -0.4 is 16.8 Å². The van der Waals surface area contributed by atoms with Crippen LogP contribution >= 0.6 is 0 Å². The van der Waals surface area contributed by atoms with E-state index in [-0.39, 0.29) is 28.9 Å². The number of amidine groups is 1. The Bertz CT molecular complexity index is 1530. The minimum absolute atomic E-state index is 0.0164. The summed E-state index contributed by atoms with van der Waals surface area (Å²) in [6, 6.07) is 28.0. The zero-order valence-corrected chi connectivity index (χ0v) is 19.9. The smallest absolute Gasteiger partial charge is 0.336 e. The van der Waals surface area contributed by atoms with E-state index in [4.69, 9.17) is 16.9 Å². The fourth-order valence-electron chi connectivity index (χ4n) is 5.12. The summed E-state index contributed by atoms with van der Waals surface area (Å²) in [5.74, 6) is -1.76. The predicted octanol–water partition coefficient (Wildman–Crippen LogP) is 5.12. The van der Waals surface area contributed by atoms with Crippen molar-refractivity contribution < 1.29 is 14.7 Å². The van der Waals surface area contributed by atoms with Gasteiger partial charge in [0.15, 0.2) is 0 Å². The minimum Gasteiger partial charge on any atom is -0.478 e. The molecule has 1 amide bonds. The summed E-state index contributed by atoms with van der Waals surface area (Å²) >= 11 is 0. The lowest BCUT2D eigenvalue weighted by molar-refractivity contribution is 0.0697. The molecule has 0 fully saturated rings. The maximum absolute atomic E-state index is 12.1. The average Bonchev–Trinajstić information content (AvgIpc) is 2.92. The number of aromatic carboxylic acids is 1. The highest BCUT2D eigenvalue weighted by molar-refractivity contribution is 6.01. The highest BCUT2D eigenvalue weighted by Crippen LogP contribution is 2.46. The van der Waals surface area contributed by atoms with Gasteiger partial charge in [0.1, 0.15) is 5.84 Å². The maximum Gasteiger partial charge on any atom is 0.336 e. The second-order valence-corrected chi connectivity index (χ2v) is 9.13. The Balaban J connectivity index is 1.64. The Hall–Kier alpha value is -4.91. The van der Waals surface area contributed by atoms with E-state index in [0.717, 1.165) is 27.9 Å². The van der Waals surface area contributed by atoms with Crippen LogP contribution in [-0.2, 0) is 0 Å². The first-order valence-corrected chi connectivity index (χ1v) is 11.9. The molecule has 7 N–H and O–H groups in total. The SMILES string of the molecule is N=C(N)c1ccc2c(c1)C(c1ccccc1)CC(c1ccccc1-c1ccc(C(N)=O)cc1C(=O)O)N2. The van der Waals surface area contributed by atoms with Gasteiger partial charge in [0.25, 0.3) is 0 Å². The third-order valence-electron chi connectivity index (χ3n) is 6.90. The van der Waals surface area contributed by atoms with Crippen molar-refractivity contribution in [3.8, 4) is 11.1 Å². The molecule has 1 aliphatic rings. The molecule has 0 saturated heterocycles. The van der Waals surface area contributed by atoms with E-state index >= 15 is 0 Å². The van der Waals surface area contributed by atoms with E-state index in [1.807, 2.05) is 60.7 Å². The molecule has 7 nitrogen and oxygen atoms in total. The van der Waals surface area contributed by atoms with Crippen LogP contribution in [0.4, 0.5) is 5.69 Å². The van der Waals surface area contributed by atoms with Crippen molar-refractivity contribution in [3.63, 3.8) is 0 Å². The molecule has 7 heteroatoms. The molecule has 0 spiro atoms. The molecule has 5 rings (SSSR count). The third-order valence-corrected chi connectivity index (χ3v) is 6.90. The standard InChI is InChI=1S/C30H26N4O3/c31-28(32)18-11-13-26-24(14-18)23(17-6-2-1-3-7-17)16-27(34-26)22-9-5-4-8-20(22)21-12-10-19(29(33)35)15-25(21)30(36)37/h1-15,23,27,34H,16H2,(H3,31,32)(H2,33,35)(H,36,37). The van der Waals surface area contributed by atoms with Crippen molar-refractivity contribution in [2.24, 2.45) is 11.5 Å². The fourth-order valence-corrected chi connectivity index (χ4v) is 5.12. The number of hydrogen-bond donors (Lipinski definition) is 5. The zero-order chi connectivity index (χ0) is 26.1. The number of carboxylic acid groups (broad SMARTS) is 1. The quantitative estimate of drug-likeness (QED) is 0.188. The Morgan fingerprint density at radius 3 is 2.22 bits per heavy atom. The number of carbonyl (C=O) groups is 2. The van der Waals surface area contributed by atoms with Crippen molar-refractivity contribution in [1.82, 2.24) is 0 Å². The molecule has 0 aliphatic carbocycles. The molecule has 4 aromatic rings. The molecule has 0 saturated carbocycles. The summed E-state index contributed by atoms with van der Waals surface area (Å²) < 4.78 is 0. The van der Waals surface area contributed by atoms with E-state index < -0.39 is 11.9 Å². The number of hydrogen-bond acceptors (Lipinski definition) is 4. The molecule has 0 aromatic heterocycles. The molecule has 2 atom stereocenters. The van der Waals surface area contributed by atoms with Gasteiger partial charge in [0.05, 0.1) is 11.6 Å². The number of carboxylic acids is 1. The lowest BCUT2D eigenvalue weighted by Gasteiger charge is -2.35. The van der Waals surface area contributed by atoms with Gasteiger partial charge in [0, 0.05) is 22.7 Å². The second kappa shape index (κ2) is 9.62. The Morgan fingerprint density at radius 2 is 1.51 bits per heavy atom. The number of rotatable bonds is 6. The third kappa shape index (κ3) is 4.54. The Kier molecular flexibility index (Phi) is 6.19. The fraction of sp³-hybridized carbons (Fsp3) is 0.100. The number of primary amides is 1. The van der Waals surface area contributed by atoms with E-state index in [1.54, 1.807) is 12.1 Å². The normalized spacial score (nSPS) is 16.3. The molecule has 0 bridgehead atoms. The monoisotopic (exact) mass is 490 g/mol. The lowest BCUT2D eigenvalue weighted by Crippen LogP contribution is -2.24. The Morgan fingerprint density at radius 1 is 0.811 bits per heavy atom. The van der Waals surface area contributed by atoms with E-state index in [9.17, 15) is 14.7 Å². The van der Waals surface area contributed by atoms with Crippen molar-refractivity contribution in [1.29, 1.82) is 5.41 Å². The number of carbonyl (C=O) groups excluding carboxylic acids is 1. The number of fused-ring (bicyclic) bond motifs is 1. The minimum atomic E-state index is -1.13. The van der Waals surface area contributed by atoms with Gasteiger partial charge in [-0.25, -0.2) is 4.79 Å². The summed E-state index contributed by atoms with van der Waals surface area (Å²) in [5.41, 5.74) is 17.4. The number of benzene rings is 4. The average molecular weight is 491 g/mol. The van der Waals surface area contributed by atoms with Crippen LogP contribution in [0.5, 0.6) is 0 Å². The molecular weight excluding hydrogens is 464 g/mol. The zero-order valence-electron chi connectivity index (χ0n) is 19.9. The largest absolute Gasteiger partial charge is 0.478 e. The van der Waals surface area contributed by atoms with E-state index in [0.29, 0.717) is 17.5 Å². The van der Waals surface area contributed by atoms with E-state index in [2.05, 4.69) is 17.4 Å². The van der Waals surface area contributed by atoms with Gasteiger partial charge in [-0.15, -0.1) is 0 Å². The molecular formula is C30H26N4O3. The summed E-state index contributed by atoms with van der Waals surface area (Å²) in [4.78, 5) is 23.8. The highest BCUT2D eigenvalue weighted by Gasteiger charge is 2.31. The molecule has 0 radical (unpaired) electrons. The summed E-state index contributed by atoms with van der Waals surface area (Å²) in [5, 5.41) is 21.5. The van der Waals surface area contributed by atoms with Crippen molar-refractivity contribution in [2.45, 2.75) is 18.4 Å². The van der Waals surface area contributed by atoms with Crippen LogP contribution in [0.1, 0.15) is 61.4 Å². The summed E-state index contributed by atoms with van der Waals surface area (Å²) in [6.07, 6.45) is 0.706. The van der Waals surface area contributed by atoms with Crippen molar-refractivity contribution in [3.05, 3.63) is 124 Å². The summed E-state index contributed by atoms with van der Waals surface area (Å²) in [7, 11) is 0. The molecule has 2 unspecified atom stereocenters. The van der Waals surface area contributed by atoms with Crippen LogP contribution in [0.2, 0.25) is 0 Å². The first-order valence-electron chi connectivity index (χ1n) is 11.9. The van der Waals surface area contributed by atoms with Crippen LogP contribution in [-0.4, -0.2) is 22.8 Å². The van der Waals surface area contributed by atoms with Gasteiger partial charge in [0.2, 0.25) is 5.91 Å². The highest BCUT2D eigenvalue weighted by atomic mass is 16.4. The van der Waals surface area contributed by atoms with Crippen molar-refractivity contribution in [2.75, 3.05) is 5.32 Å². The van der Waals surface area contributed by atoms with Crippen LogP contribution in [0, 0.1) is 5.41 Å². The molecule has 37 heavy (non-hydrogen) atoms. The van der Waals surface area contributed by atoms with E-state index in [1.165, 1.54) is 6.07 Å².